The van der Waals surface area contributed by atoms with Gasteiger partial charge in [0.25, 0.3) is 0 Å². The van der Waals surface area contributed by atoms with E-state index in [-0.39, 0.29) is 30.6 Å². The van der Waals surface area contributed by atoms with Gasteiger partial charge in [-0.3, -0.25) is 14.4 Å². The van der Waals surface area contributed by atoms with Crippen LogP contribution in [0.2, 0.25) is 0 Å². The van der Waals surface area contributed by atoms with Crippen LogP contribution in [0.1, 0.15) is 33.1 Å². The summed E-state index contributed by atoms with van der Waals surface area (Å²) in [6, 6.07) is 0. The van der Waals surface area contributed by atoms with Gasteiger partial charge in [-0.1, -0.05) is 6.92 Å². The van der Waals surface area contributed by atoms with Crippen molar-refractivity contribution in [2.24, 2.45) is 0 Å². The summed E-state index contributed by atoms with van der Waals surface area (Å²) in [5, 5.41) is 5.07. The molecule has 5 heteroatoms. The van der Waals surface area contributed by atoms with E-state index in [0.717, 1.165) is 6.42 Å². The minimum atomic E-state index is -0.220. The van der Waals surface area contributed by atoms with Crippen molar-refractivity contribution >= 4 is 17.6 Å². The van der Waals surface area contributed by atoms with Gasteiger partial charge in [0, 0.05) is 19.4 Å². The van der Waals surface area contributed by atoms with Crippen molar-refractivity contribution in [3.05, 3.63) is 0 Å². The molecule has 0 saturated heterocycles. The molecule has 0 radical (unpaired) electrons. The molecule has 0 spiro atoms. The lowest BCUT2D eigenvalue weighted by Gasteiger charge is -2.04. The van der Waals surface area contributed by atoms with Gasteiger partial charge in [0.1, 0.15) is 5.78 Å². The molecule has 5 nitrogen and oxygen atoms in total. The third kappa shape index (κ3) is 8.93. The summed E-state index contributed by atoms with van der Waals surface area (Å²) in [6.07, 6.45) is 1.49. The fraction of sp³-hybridized carbons (Fsp3) is 0.700. The topological polar surface area (TPSA) is 75.3 Å². The zero-order valence-corrected chi connectivity index (χ0v) is 9.26. The van der Waals surface area contributed by atoms with E-state index in [9.17, 15) is 14.4 Å². The fourth-order valence-electron chi connectivity index (χ4n) is 0.942. The number of hydrogen-bond acceptors (Lipinski definition) is 3. The van der Waals surface area contributed by atoms with Crippen LogP contribution in [0, 0.1) is 0 Å². The van der Waals surface area contributed by atoms with Gasteiger partial charge in [-0.15, -0.1) is 0 Å². The predicted molar refractivity (Wildman–Crippen MR) is 56.2 cm³/mol. The largest absolute Gasteiger partial charge is 0.356 e. The molecule has 2 amide bonds. The first-order chi connectivity index (χ1) is 7.06. The highest BCUT2D eigenvalue weighted by atomic mass is 16.2. The Morgan fingerprint density at radius 2 is 1.60 bits per heavy atom. The molecule has 0 saturated carbocycles. The molecule has 0 aromatic heterocycles. The lowest BCUT2D eigenvalue weighted by molar-refractivity contribution is -0.125. The molecule has 0 unspecified atom stereocenters. The molecule has 15 heavy (non-hydrogen) atoms. The SMILES string of the molecule is CCCC(=O)NCCC(=O)NCC(C)=O. The van der Waals surface area contributed by atoms with Crippen molar-refractivity contribution < 1.29 is 14.4 Å². The molecule has 0 aromatic rings. The first kappa shape index (κ1) is 13.6. The van der Waals surface area contributed by atoms with Crippen molar-refractivity contribution in [3.63, 3.8) is 0 Å². The van der Waals surface area contributed by atoms with Crippen molar-refractivity contribution in [1.82, 2.24) is 10.6 Å². The molecule has 0 aliphatic carbocycles. The van der Waals surface area contributed by atoms with Crippen LogP contribution in [-0.4, -0.2) is 30.7 Å². The summed E-state index contributed by atoms with van der Waals surface area (Å²) in [5.41, 5.74) is 0. The maximum Gasteiger partial charge on any atom is 0.222 e. The summed E-state index contributed by atoms with van der Waals surface area (Å²) in [4.78, 5) is 32.6. The second-order valence-electron chi connectivity index (χ2n) is 3.33. The molecule has 0 heterocycles. The second-order valence-corrected chi connectivity index (χ2v) is 3.33. The Hall–Kier alpha value is -1.39. The van der Waals surface area contributed by atoms with Gasteiger partial charge in [0.05, 0.1) is 6.54 Å². The van der Waals surface area contributed by atoms with Gasteiger partial charge in [0.15, 0.2) is 0 Å². The normalized spacial score (nSPS) is 9.47. The number of carbonyl (C=O) groups excluding carboxylic acids is 3. The van der Waals surface area contributed by atoms with Crippen LogP contribution < -0.4 is 10.6 Å². The monoisotopic (exact) mass is 214 g/mol. The van der Waals surface area contributed by atoms with Gasteiger partial charge in [-0.2, -0.15) is 0 Å². The first-order valence-corrected chi connectivity index (χ1v) is 5.09. The van der Waals surface area contributed by atoms with Crippen LogP contribution in [0.3, 0.4) is 0 Å². The highest BCUT2D eigenvalue weighted by molar-refractivity contribution is 5.84. The molecule has 0 fully saturated rings. The Balaban J connectivity index is 3.46. The van der Waals surface area contributed by atoms with E-state index in [1.165, 1.54) is 6.92 Å². The van der Waals surface area contributed by atoms with Crippen molar-refractivity contribution in [2.75, 3.05) is 13.1 Å². The molecule has 0 aliphatic rings. The Morgan fingerprint density at radius 1 is 1.00 bits per heavy atom. The molecular weight excluding hydrogens is 196 g/mol. The molecule has 86 valence electrons. The lowest BCUT2D eigenvalue weighted by atomic mass is 10.3. The third-order valence-electron chi connectivity index (χ3n) is 1.69. The number of ketones is 1. The summed E-state index contributed by atoms with van der Waals surface area (Å²) >= 11 is 0. The summed E-state index contributed by atoms with van der Waals surface area (Å²) in [7, 11) is 0. The molecule has 0 bridgehead atoms. The molecule has 0 rings (SSSR count). The minimum absolute atomic E-state index is 0.0446. The summed E-state index contributed by atoms with van der Waals surface area (Å²) < 4.78 is 0. The molecule has 0 aromatic carbocycles. The lowest BCUT2D eigenvalue weighted by Crippen LogP contribution is -2.32. The van der Waals surface area contributed by atoms with Crippen molar-refractivity contribution in [1.29, 1.82) is 0 Å². The fourth-order valence-corrected chi connectivity index (χ4v) is 0.942. The van der Waals surface area contributed by atoms with Gasteiger partial charge >= 0.3 is 0 Å². The maximum absolute atomic E-state index is 11.1. The highest BCUT2D eigenvalue weighted by Crippen LogP contribution is 1.86. The van der Waals surface area contributed by atoms with Crippen LogP contribution >= 0.6 is 0 Å². The van der Waals surface area contributed by atoms with E-state index in [4.69, 9.17) is 0 Å². The van der Waals surface area contributed by atoms with E-state index in [1.807, 2.05) is 6.92 Å². The quantitative estimate of drug-likeness (QED) is 0.626. The molecule has 0 aliphatic heterocycles. The van der Waals surface area contributed by atoms with Gasteiger partial charge < -0.3 is 10.6 Å². The zero-order chi connectivity index (χ0) is 11.7. The smallest absolute Gasteiger partial charge is 0.222 e. The zero-order valence-electron chi connectivity index (χ0n) is 9.26. The number of rotatable bonds is 7. The maximum atomic E-state index is 11.1. The molecule has 0 atom stereocenters. The third-order valence-corrected chi connectivity index (χ3v) is 1.69. The van der Waals surface area contributed by atoms with Gasteiger partial charge in [0.2, 0.25) is 11.8 Å². The summed E-state index contributed by atoms with van der Waals surface area (Å²) in [5.74, 6) is -0.350. The standard InChI is InChI=1S/C10H18N2O3/c1-3-4-9(14)11-6-5-10(15)12-7-8(2)13/h3-7H2,1-2H3,(H,11,14)(H,12,15). The Morgan fingerprint density at radius 3 is 2.13 bits per heavy atom. The molecule has 2 N–H and O–H groups in total. The van der Waals surface area contributed by atoms with E-state index in [0.29, 0.717) is 13.0 Å². The minimum Gasteiger partial charge on any atom is -0.356 e. The first-order valence-electron chi connectivity index (χ1n) is 5.09. The van der Waals surface area contributed by atoms with Gasteiger partial charge in [-0.05, 0) is 13.3 Å². The van der Waals surface area contributed by atoms with Crippen molar-refractivity contribution in [2.45, 2.75) is 33.1 Å². The number of Topliss-reactive ketones (excluding diaryl/α,β-unsaturated/α-hetero) is 1. The van der Waals surface area contributed by atoms with Crippen LogP contribution in [0.5, 0.6) is 0 Å². The Bertz CT molecular complexity index is 239. The average molecular weight is 214 g/mol. The molecular formula is C10H18N2O3. The second kappa shape index (κ2) is 7.96. The van der Waals surface area contributed by atoms with Crippen molar-refractivity contribution in [3.8, 4) is 0 Å². The van der Waals surface area contributed by atoms with E-state index < -0.39 is 0 Å². The van der Waals surface area contributed by atoms with Crippen LogP contribution in [0.4, 0.5) is 0 Å². The van der Waals surface area contributed by atoms with Crippen LogP contribution in [0.15, 0.2) is 0 Å². The summed E-state index contributed by atoms with van der Waals surface area (Å²) in [6.45, 7) is 3.70. The highest BCUT2D eigenvalue weighted by Gasteiger charge is 2.03. The Kier molecular flexibility index (Phi) is 7.23. The number of carbonyl (C=O) groups is 3. The van der Waals surface area contributed by atoms with Gasteiger partial charge in [-0.25, -0.2) is 0 Å². The number of nitrogens with one attached hydrogen (secondary N) is 2. The van der Waals surface area contributed by atoms with E-state index >= 15 is 0 Å². The number of amides is 2. The van der Waals surface area contributed by atoms with E-state index in [1.54, 1.807) is 0 Å². The van der Waals surface area contributed by atoms with Crippen LogP contribution in [-0.2, 0) is 14.4 Å². The van der Waals surface area contributed by atoms with Crippen LogP contribution in [0.25, 0.3) is 0 Å². The predicted octanol–water partition coefficient (Wildman–Crippen LogP) is -0.00200. The number of hydrogen-bond donors (Lipinski definition) is 2. The Labute approximate surface area is 89.6 Å². The average Bonchev–Trinajstić information content (AvgIpc) is 2.15. The van der Waals surface area contributed by atoms with E-state index in [2.05, 4.69) is 10.6 Å².